The number of hydroxylamine groups is 2. The molecular formula is C16H15NO8. The number of imide groups is 1. The number of nitrogens with zero attached hydrogens (tertiary/aromatic N) is 1. The zero-order chi connectivity index (χ0) is 18.4. The van der Waals surface area contributed by atoms with Crippen LogP contribution in [0.3, 0.4) is 0 Å². The van der Waals surface area contributed by atoms with E-state index in [1.54, 1.807) is 18.2 Å². The number of hydrogen-bond donors (Lipinski definition) is 1. The number of carboxylic acids is 1. The molecule has 0 spiro atoms. The van der Waals surface area contributed by atoms with Gasteiger partial charge in [-0.2, -0.15) is 0 Å². The monoisotopic (exact) mass is 349 g/mol. The molecule has 1 aromatic rings. The number of carbonyl (C=O) groups is 5. The van der Waals surface area contributed by atoms with Crippen molar-refractivity contribution in [2.75, 3.05) is 0 Å². The molecule has 0 bridgehead atoms. The third kappa shape index (κ3) is 4.87. The fraction of sp³-hybridized carbons (Fsp3) is 0.312. The van der Waals surface area contributed by atoms with E-state index in [2.05, 4.69) is 0 Å². The molecule has 0 saturated carbocycles. The summed E-state index contributed by atoms with van der Waals surface area (Å²) in [4.78, 5) is 62.4. The van der Waals surface area contributed by atoms with Crippen LogP contribution < -0.4 is 0 Å². The summed E-state index contributed by atoms with van der Waals surface area (Å²) in [5.41, 5.74) is 0.260. The summed E-state index contributed by atoms with van der Waals surface area (Å²) in [6, 6.07) is 7.83. The number of carbonyl (C=O) groups excluding carboxylic acids is 4. The second-order valence-corrected chi connectivity index (χ2v) is 5.17. The van der Waals surface area contributed by atoms with Crippen LogP contribution in [-0.2, 0) is 33.5 Å². The van der Waals surface area contributed by atoms with Crippen molar-refractivity contribution in [3.63, 3.8) is 0 Å². The molecule has 1 unspecified atom stereocenters. The average Bonchev–Trinajstić information content (AvgIpc) is 2.90. The molecule has 2 amide bonds. The Kier molecular flexibility index (Phi) is 5.83. The molecule has 132 valence electrons. The summed E-state index contributed by atoms with van der Waals surface area (Å²) < 4.78 is 5.00. The van der Waals surface area contributed by atoms with E-state index in [4.69, 9.17) is 14.7 Å². The zero-order valence-electron chi connectivity index (χ0n) is 13.0. The number of benzene rings is 1. The van der Waals surface area contributed by atoms with E-state index >= 15 is 0 Å². The van der Waals surface area contributed by atoms with E-state index < -0.39 is 48.7 Å². The van der Waals surface area contributed by atoms with Crippen LogP contribution in [0.25, 0.3) is 0 Å². The average molecular weight is 349 g/mol. The molecular weight excluding hydrogens is 334 g/mol. The summed E-state index contributed by atoms with van der Waals surface area (Å²) >= 11 is 0. The SMILES string of the molecule is O=C(O)CCC(=O)OC(C(=O)ON1C(=O)CCC1=O)c1ccccc1. The minimum absolute atomic E-state index is 0.0689. The highest BCUT2D eigenvalue weighted by Crippen LogP contribution is 2.22. The van der Waals surface area contributed by atoms with Gasteiger partial charge in [0, 0.05) is 18.4 Å². The molecule has 1 heterocycles. The summed E-state index contributed by atoms with van der Waals surface area (Å²) in [6.07, 6.45) is -2.56. The maximum absolute atomic E-state index is 12.3. The third-order valence-electron chi connectivity index (χ3n) is 3.30. The molecule has 1 aliphatic rings. The van der Waals surface area contributed by atoms with Crippen molar-refractivity contribution in [1.29, 1.82) is 0 Å². The summed E-state index contributed by atoms with van der Waals surface area (Å²) in [5, 5.41) is 8.94. The van der Waals surface area contributed by atoms with Gasteiger partial charge in [0.05, 0.1) is 12.8 Å². The van der Waals surface area contributed by atoms with Gasteiger partial charge in [-0.3, -0.25) is 19.2 Å². The quantitative estimate of drug-likeness (QED) is 0.564. The minimum atomic E-state index is -1.52. The van der Waals surface area contributed by atoms with Gasteiger partial charge in [0.15, 0.2) is 0 Å². The number of carboxylic acid groups (broad SMARTS) is 1. The molecule has 1 atom stereocenters. The smallest absolute Gasteiger partial charge is 0.378 e. The van der Waals surface area contributed by atoms with Gasteiger partial charge in [-0.1, -0.05) is 30.3 Å². The van der Waals surface area contributed by atoms with Crippen molar-refractivity contribution in [1.82, 2.24) is 5.06 Å². The summed E-state index contributed by atoms with van der Waals surface area (Å²) in [7, 11) is 0. The Morgan fingerprint density at radius 1 is 1.04 bits per heavy atom. The highest BCUT2D eigenvalue weighted by Gasteiger charge is 2.36. The lowest BCUT2D eigenvalue weighted by Gasteiger charge is -2.19. The number of hydrogen-bond acceptors (Lipinski definition) is 7. The molecule has 1 aromatic carbocycles. The first-order valence-corrected chi connectivity index (χ1v) is 7.42. The van der Waals surface area contributed by atoms with Crippen LogP contribution >= 0.6 is 0 Å². The summed E-state index contributed by atoms with van der Waals surface area (Å²) in [6.45, 7) is 0. The van der Waals surface area contributed by atoms with Gasteiger partial charge in [-0.15, -0.1) is 5.06 Å². The Bertz CT molecular complexity index is 683. The topological polar surface area (TPSA) is 127 Å². The van der Waals surface area contributed by atoms with Gasteiger partial charge in [0.1, 0.15) is 0 Å². The zero-order valence-corrected chi connectivity index (χ0v) is 13.0. The van der Waals surface area contributed by atoms with Gasteiger partial charge >= 0.3 is 17.9 Å². The Balaban J connectivity index is 2.12. The first kappa shape index (κ1) is 18.1. The molecule has 1 fully saturated rings. The number of ether oxygens (including phenoxy) is 1. The van der Waals surface area contributed by atoms with Crippen LogP contribution in [0.5, 0.6) is 0 Å². The summed E-state index contributed by atoms with van der Waals surface area (Å²) in [5.74, 6) is -4.57. The van der Waals surface area contributed by atoms with Crippen molar-refractivity contribution < 1.29 is 38.7 Å². The van der Waals surface area contributed by atoms with Gasteiger partial charge < -0.3 is 14.7 Å². The Hall–Kier alpha value is -3.23. The van der Waals surface area contributed by atoms with Crippen molar-refractivity contribution in [3.05, 3.63) is 35.9 Å². The Labute approximate surface area is 142 Å². The maximum atomic E-state index is 12.3. The molecule has 1 N–H and O–H groups in total. The molecule has 9 nitrogen and oxygen atoms in total. The van der Waals surface area contributed by atoms with Gasteiger partial charge in [0.2, 0.25) is 6.10 Å². The third-order valence-corrected chi connectivity index (χ3v) is 3.30. The van der Waals surface area contributed by atoms with Crippen molar-refractivity contribution in [2.45, 2.75) is 31.8 Å². The van der Waals surface area contributed by atoms with E-state index in [9.17, 15) is 24.0 Å². The molecule has 0 aliphatic carbocycles. The van der Waals surface area contributed by atoms with E-state index in [1.807, 2.05) is 0 Å². The first-order valence-electron chi connectivity index (χ1n) is 7.42. The lowest BCUT2D eigenvalue weighted by atomic mass is 10.1. The van der Waals surface area contributed by atoms with Crippen LogP contribution in [0.4, 0.5) is 0 Å². The second kappa shape index (κ2) is 8.04. The normalized spacial score (nSPS) is 15.0. The van der Waals surface area contributed by atoms with Crippen LogP contribution in [0.1, 0.15) is 37.4 Å². The molecule has 2 rings (SSSR count). The lowest BCUT2D eigenvalue weighted by molar-refractivity contribution is -0.206. The minimum Gasteiger partial charge on any atom is -0.481 e. The number of esters is 1. The number of rotatable bonds is 7. The molecule has 1 saturated heterocycles. The molecule has 1 aliphatic heterocycles. The highest BCUT2D eigenvalue weighted by atomic mass is 16.7. The Morgan fingerprint density at radius 3 is 2.20 bits per heavy atom. The lowest BCUT2D eigenvalue weighted by Crippen LogP contribution is -2.35. The first-order chi connectivity index (χ1) is 11.9. The van der Waals surface area contributed by atoms with Crippen LogP contribution in [0.2, 0.25) is 0 Å². The predicted octanol–water partition coefficient (Wildman–Crippen LogP) is 0.743. The van der Waals surface area contributed by atoms with Crippen molar-refractivity contribution >= 4 is 29.7 Å². The van der Waals surface area contributed by atoms with Crippen molar-refractivity contribution in [2.24, 2.45) is 0 Å². The van der Waals surface area contributed by atoms with Gasteiger partial charge in [-0.25, -0.2) is 4.79 Å². The van der Waals surface area contributed by atoms with Crippen molar-refractivity contribution in [3.8, 4) is 0 Å². The number of aliphatic carboxylic acids is 1. The molecule has 9 heteroatoms. The standard InChI is InChI=1S/C16H15NO8/c18-11-6-7-12(19)17(11)25-16(23)15(10-4-2-1-3-5-10)24-14(22)9-8-13(20)21/h1-5,15H,6-9H2,(H,20,21). The van der Waals surface area contributed by atoms with Gasteiger partial charge in [-0.05, 0) is 0 Å². The molecule has 0 radical (unpaired) electrons. The highest BCUT2D eigenvalue weighted by molar-refractivity contribution is 6.01. The second-order valence-electron chi connectivity index (χ2n) is 5.17. The van der Waals surface area contributed by atoms with Gasteiger partial charge in [0.25, 0.3) is 11.8 Å². The molecule has 25 heavy (non-hydrogen) atoms. The number of amides is 2. The fourth-order valence-electron chi connectivity index (χ4n) is 2.08. The van der Waals surface area contributed by atoms with E-state index in [0.717, 1.165) is 0 Å². The maximum Gasteiger partial charge on any atom is 0.378 e. The van der Waals surface area contributed by atoms with E-state index in [0.29, 0.717) is 5.06 Å². The molecule has 0 aromatic heterocycles. The largest absolute Gasteiger partial charge is 0.481 e. The van der Waals surface area contributed by atoms with E-state index in [1.165, 1.54) is 12.1 Å². The Morgan fingerprint density at radius 2 is 1.64 bits per heavy atom. The van der Waals surface area contributed by atoms with Crippen LogP contribution in [0.15, 0.2) is 30.3 Å². The van der Waals surface area contributed by atoms with Crippen LogP contribution in [-0.4, -0.2) is 39.9 Å². The van der Waals surface area contributed by atoms with E-state index in [-0.39, 0.29) is 18.4 Å². The predicted molar refractivity (Wildman–Crippen MR) is 79.3 cm³/mol. The fourth-order valence-corrected chi connectivity index (χ4v) is 2.08. The van der Waals surface area contributed by atoms with Crippen LogP contribution in [0, 0.1) is 0 Å².